The molecule has 0 aliphatic heterocycles. The van der Waals surface area contributed by atoms with Crippen molar-refractivity contribution in [2.45, 2.75) is 64.8 Å². The quantitative estimate of drug-likeness (QED) is 0.454. The van der Waals surface area contributed by atoms with E-state index in [1.54, 1.807) is 0 Å². The van der Waals surface area contributed by atoms with Gasteiger partial charge in [-0.2, -0.15) is 0 Å². The molecule has 2 aromatic carbocycles. The van der Waals surface area contributed by atoms with E-state index in [0.29, 0.717) is 18.8 Å². The van der Waals surface area contributed by atoms with Crippen LogP contribution in [0.4, 0.5) is 0 Å². The number of hydrogen-bond donors (Lipinski definition) is 0. The summed E-state index contributed by atoms with van der Waals surface area (Å²) in [7, 11) is -2.47. The number of carbonyl (C=O) groups is 1. The van der Waals surface area contributed by atoms with Crippen LogP contribution in [0.5, 0.6) is 0 Å². The average molecular weight is 407 g/mol. The predicted molar refractivity (Wildman–Crippen MR) is 124 cm³/mol. The number of Topliss-reactive ketones (excluding diaryl/α,β-unsaturated/α-hetero) is 1. The van der Waals surface area contributed by atoms with E-state index in [0.717, 1.165) is 31.3 Å². The Morgan fingerprint density at radius 2 is 1.45 bits per heavy atom. The van der Waals surface area contributed by atoms with E-state index in [2.05, 4.69) is 88.4 Å². The van der Waals surface area contributed by atoms with Crippen molar-refractivity contribution in [2.24, 2.45) is 0 Å². The average Bonchev–Trinajstić information content (AvgIpc) is 2.70. The molecule has 0 spiro atoms. The van der Waals surface area contributed by atoms with Gasteiger partial charge in [-0.25, -0.2) is 0 Å². The number of allylic oxidation sites excluding steroid dienone is 2. The summed E-state index contributed by atoms with van der Waals surface area (Å²) in [5, 5.41) is 2.61. The second kappa shape index (κ2) is 9.23. The zero-order chi connectivity index (χ0) is 20.9. The Morgan fingerprint density at radius 1 is 0.897 bits per heavy atom. The number of hydrogen-bond acceptors (Lipinski definition) is 2. The fourth-order valence-electron chi connectivity index (χ4n) is 4.64. The lowest BCUT2D eigenvalue weighted by Gasteiger charge is -2.43. The molecule has 0 saturated carbocycles. The summed E-state index contributed by atoms with van der Waals surface area (Å²) in [4.78, 5) is 12.3. The molecule has 154 valence electrons. The van der Waals surface area contributed by atoms with E-state index < -0.39 is 8.32 Å². The summed E-state index contributed by atoms with van der Waals surface area (Å²) >= 11 is 0. The smallest absolute Gasteiger partial charge is 0.261 e. The molecule has 2 aromatic rings. The Kier molecular flexibility index (Phi) is 6.92. The first kappa shape index (κ1) is 21.7. The number of ketones is 1. The Bertz CT molecular complexity index is 808. The number of rotatable bonds is 7. The van der Waals surface area contributed by atoms with Gasteiger partial charge in [0.1, 0.15) is 0 Å². The molecule has 0 saturated heterocycles. The molecule has 0 atom stereocenters. The summed E-state index contributed by atoms with van der Waals surface area (Å²) in [5.41, 5.74) is 2.34. The molecule has 1 aliphatic carbocycles. The van der Waals surface area contributed by atoms with Gasteiger partial charge in [-0.15, -0.1) is 0 Å². The van der Waals surface area contributed by atoms with Crippen LogP contribution >= 0.6 is 0 Å². The Balaban J connectivity index is 1.87. The summed E-state index contributed by atoms with van der Waals surface area (Å²) in [6.45, 7) is 9.70. The van der Waals surface area contributed by atoms with Crippen LogP contribution < -0.4 is 10.4 Å². The molecule has 0 bridgehead atoms. The lowest BCUT2D eigenvalue weighted by Crippen LogP contribution is -2.66. The van der Waals surface area contributed by atoms with E-state index >= 15 is 0 Å². The van der Waals surface area contributed by atoms with E-state index in [1.807, 2.05) is 0 Å². The van der Waals surface area contributed by atoms with Gasteiger partial charge in [0, 0.05) is 13.0 Å². The minimum atomic E-state index is -2.47. The van der Waals surface area contributed by atoms with Gasteiger partial charge >= 0.3 is 0 Å². The fourth-order valence-corrected chi connectivity index (χ4v) is 9.25. The van der Waals surface area contributed by atoms with Crippen LogP contribution in [0.2, 0.25) is 5.04 Å². The van der Waals surface area contributed by atoms with Crippen molar-refractivity contribution in [3.8, 4) is 0 Å². The maximum absolute atomic E-state index is 12.3. The first-order valence-electron chi connectivity index (χ1n) is 10.8. The Morgan fingerprint density at radius 3 is 1.93 bits per heavy atom. The molecule has 1 aliphatic rings. The second-order valence-electron chi connectivity index (χ2n) is 9.15. The van der Waals surface area contributed by atoms with Crippen LogP contribution in [0, 0.1) is 0 Å². The van der Waals surface area contributed by atoms with E-state index in [-0.39, 0.29) is 5.04 Å². The molecule has 0 amide bonds. The summed E-state index contributed by atoms with van der Waals surface area (Å²) < 4.78 is 6.93. The molecular weight excluding hydrogens is 372 g/mol. The molecule has 0 aromatic heterocycles. The molecule has 0 fully saturated rings. The standard InChI is InChI=1S/C26H34O2Si/c1-21-13-11-19-25(27)24(21)18-12-20-28-29(26(2,3)4,22-14-7-5-8-15-22)23-16-9-6-10-17-23/h5-10,14-17H,11-13,18-20H2,1-4H3. The molecule has 0 unspecified atom stereocenters. The van der Waals surface area contributed by atoms with Crippen molar-refractivity contribution >= 4 is 24.5 Å². The van der Waals surface area contributed by atoms with Gasteiger partial charge < -0.3 is 4.43 Å². The third-order valence-corrected chi connectivity index (χ3v) is 11.2. The minimum absolute atomic E-state index is 0.00838. The van der Waals surface area contributed by atoms with Crippen LogP contribution in [0.25, 0.3) is 0 Å². The van der Waals surface area contributed by atoms with Gasteiger partial charge in [-0.05, 0) is 53.6 Å². The van der Waals surface area contributed by atoms with Crippen molar-refractivity contribution in [2.75, 3.05) is 6.61 Å². The monoisotopic (exact) mass is 406 g/mol. The first-order chi connectivity index (χ1) is 13.9. The lowest BCUT2D eigenvalue weighted by molar-refractivity contribution is -0.116. The molecular formula is C26H34O2Si. The van der Waals surface area contributed by atoms with Gasteiger partial charge in [0.15, 0.2) is 5.78 Å². The highest BCUT2D eigenvalue weighted by Gasteiger charge is 2.49. The first-order valence-corrected chi connectivity index (χ1v) is 12.7. The fraction of sp³-hybridized carbons (Fsp3) is 0.423. The van der Waals surface area contributed by atoms with Gasteiger partial charge in [0.2, 0.25) is 0 Å². The molecule has 2 nitrogen and oxygen atoms in total. The maximum atomic E-state index is 12.3. The van der Waals surface area contributed by atoms with Gasteiger partial charge in [-0.1, -0.05) is 87.0 Å². The third kappa shape index (κ3) is 4.62. The van der Waals surface area contributed by atoms with Crippen molar-refractivity contribution in [3.05, 3.63) is 71.8 Å². The molecule has 3 heteroatoms. The number of carbonyl (C=O) groups excluding carboxylic acids is 1. The number of benzene rings is 2. The minimum Gasteiger partial charge on any atom is -0.407 e. The Labute approximate surface area is 177 Å². The van der Waals surface area contributed by atoms with E-state index in [1.165, 1.54) is 15.9 Å². The third-order valence-electron chi connectivity index (χ3n) is 6.11. The molecule has 3 rings (SSSR count). The predicted octanol–water partition coefficient (Wildman–Crippen LogP) is 5.41. The lowest BCUT2D eigenvalue weighted by atomic mass is 9.89. The van der Waals surface area contributed by atoms with E-state index in [9.17, 15) is 4.79 Å². The highest BCUT2D eigenvalue weighted by Crippen LogP contribution is 2.37. The van der Waals surface area contributed by atoms with Crippen molar-refractivity contribution in [1.82, 2.24) is 0 Å². The van der Waals surface area contributed by atoms with E-state index in [4.69, 9.17) is 4.43 Å². The van der Waals surface area contributed by atoms with Crippen molar-refractivity contribution in [3.63, 3.8) is 0 Å². The topological polar surface area (TPSA) is 26.3 Å². The molecule has 29 heavy (non-hydrogen) atoms. The summed E-state index contributed by atoms with van der Waals surface area (Å²) in [6.07, 6.45) is 4.51. The van der Waals surface area contributed by atoms with Gasteiger partial charge in [0.05, 0.1) is 0 Å². The Hall–Kier alpha value is -1.97. The zero-order valence-electron chi connectivity index (χ0n) is 18.3. The van der Waals surface area contributed by atoms with Crippen LogP contribution in [0.15, 0.2) is 71.8 Å². The van der Waals surface area contributed by atoms with Crippen LogP contribution in [0.1, 0.15) is 59.8 Å². The van der Waals surface area contributed by atoms with Gasteiger partial charge in [0.25, 0.3) is 8.32 Å². The van der Waals surface area contributed by atoms with Crippen molar-refractivity contribution < 1.29 is 9.22 Å². The molecule has 0 radical (unpaired) electrons. The van der Waals surface area contributed by atoms with Crippen LogP contribution in [0.3, 0.4) is 0 Å². The molecule has 0 N–H and O–H groups in total. The second-order valence-corrected chi connectivity index (χ2v) is 13.5. The van der Waals surface area contributed by atoms with Crippen LogP contribution in [-0.4, -0.2) is 20.7 Å². The molecule has 0 heterocycles. The largest absolute Gasteiger partial charge is 0.407 e. The highest BCUT2D eigenvalue weighted by atomic mass is 28.4. The SMILES string of the molecule is CC1=C(CCCO[Si](c2ccccc2)(c2ccccc2)C(C)(C)C)C(=O)CCC1. The zero-order valence-corrected chi connectivity index (χ0v) is 19.3. The van der Waals surface area contributed by atoms with Crippen LogP contribution in [-0.2, 0) is 9.22 Å². The summed E-state index contributed by atoms with van der Waals surface area (Å²) in [5.74, 6) is 0.346. The normalized spacial score (nSPS) is 15.7. The maximum Gasteiger partial charge on any atom is 0.261 e. The van der Waals surface area contributed by atoms with Gasteiger partial charge in [-0.3, -0.25) is 4.79 Å². The summed E-state index contributed by atoms with van der Waals surface area (Å²) in [6, 6.07) is 21.5. The van der Waals surface area contributed by atoms with Crippen molar-refractivity contribution in [1.29, 1.82) is 0 Å². The highest BCUT2D eigenvalue weighted by molar-refractivity contribution is 6.99.